The second kappa shape index (κ2) is 4.23. The average molecular weight is 183 g/mol. The number of hydrogen-bond donors (Lipinski definition) is 4. The van der Waals surface area contributed by atoms with Crippen LogP contribution in [0.3, 0.4) is 0 Å². The molecule has 0 aliphatic rings. The van der Waals surface area contributed by atoms with Gasteiger partial charge in [-0.05, 0) is 17.2 Å². The summed E-state index contributed by atoms with van der Waals surface area (Å²) in [6, 6.07) is 3.03. The molecular formula is C9H13NO3. The molecular weight excluding hydrogens is 170 g/mol. The SMILES string of the molecule is NCc1c(CO)ccc(O)c1CO. The molecule has 0 bridgehead atoms. The van der Waals surface area contributed by atoms with Crippen LogP contribution in [-0.2, 0) is 19.8 Å². The van der Waals surface area contributed by atoms with E-state index in [9.17, 15) is 5.11 Å². The molecule has 0 unspecified atom stereocenters. The molecule has 0 radical (unpaired) electrons. The Labute approximate surface area is 76.2 Å². The lowest BCUT2D eigenvalue weighted by atomic mass is 10.0. The van der Waals surface area contributed by atoms with Gasteiger partial charge in [-0.25, -0.2) is 0 Å². The predicted molar refractivity (Wildman–Crippen MR) is 47.8 cm³/mol. The fraction of sp³-hybridized carbons (Fsp3) is 0.333. The first-order valence-corrected chi connectivity index (χ1v) is 3.99. The summed E-state index contributed by atoms with van der Waals surface area (Å²) in [7, 11) is 0. The fourth-order valence-electron chi connectivity index (χ4n) is 1.31. The van der Waals surface area contributed by atoms with Gasteiger partial charge in [0.15, 0.2) is 0 Å². The lowest BCUT2D eigenvalue weighted by Gasteiger charge is -2.11. The molecule has 13 heavy (non-hydrogen) atoms. The zero-order valence-corrected chi connectivity index (χ0v) is 7.20. The highest BCUT2D eigenvalue weighted by molar-refractivity contribution is 5.43. The largest absolute Gasteiger partial charge is 0.508 e. The number of aliphatic hydroxyl groups excluding tert-OH is 2. The molecule has 0 heterocycles. The maximum absolute atomic E-state index is 9.35. The molecule has 4 nitrogen and oxygen atoms in total. The summed E-state index contributed by atoms with van der Waals surface area (Å²) in [5, 5.41) is 27.2. The maximum Gasteiger partial charge on any atom is 0.121 e. The van der Waals surface area contributed by atoms with Gasteiger partial charge in [0.2, 0.25) is 0 Å². The Hall–Kier alpha value is -1.10. The number of rotatable bonds is 3. The van der Waals surface area contributed by atoms with Crippen molar-refractivity contribution in [1.82, 2.24) is 0 Å². The molecule has 0 aromatic heterocycles. The van der Waals surface area contributed by atoms with Gasteiger partial charge < -0.3 is 21.1 Å². The zero-order valence-electron chi connectivity index (χ0n) is 7.20. The van der Waals surface area contributed by atoms with Gasteiger partial charge in [0, 0.05) is 12.1 Å². The molecule has 0 saturated heterocycles. The van der Waals surface area contributed by atoms with E-state index in [2.05, 4.69) is 0 Å². The summed E-state index contributed by atoms with van der Waals surface area (Å²) in [4.78, 5) is 0. The summed E-state index contributed by atoms with van der Waals surface area (Å²) in [5.74, 6) is 0.0140. The molecule has 5 N–H and O–H groups in total. The van der Waals surface area contributed by atoms with Crippen molar-refractivity contribution in [2.45, 2.75) is 19.8 Å². The minimum Gasteiger partial charge on any atom is -0.508 e. The standard InChI is InChI=1S/C9H13NO3/c10-3-7-6(4-11)1-2-9(13)8(7)5-12/h1-2,11-13H,3-5,10H2. The molecule has 1 aromatic carbocycles. The Bertz CT molecular complexity index is 299. The molecule has 0 aliphatic heterocycles. The zero-order chi connectivity index (χ0) is 9.84. The van der Waals surface area contributed by atoms with E-state index in [0.29, 0.717) is 16.7 Å². The molecule has 1 aromatic rings. The van der Waals surface area contributed by atoms with Gasteiger partial charge in [-0.2, -0.15) is 0 Å². The Kier molecular flexibility index (Phi) is 3.25. The number of aliphatic hydroxyl groups is 2. The van der Waals surface area contributed by atoms with Crippen LogP contribution in [0.4, 0.5) is 0 Å². The third-order valence-electron chi connectivity index (χ3n) is 2.04. The molecule has 0 amide bonds. The Morgan fingerprint density at radius 2 is 1.77 bits per heavy atom. The Morgan fingerprint density at radius 3 is 2.23 bits per heavy atom. The van der Waals surface area contributed by atoms with Crippen LogP contribution in [-0.4, -0.2) is 15.3 Å². The minimum atomic E-state index is -0.272. The monoisotopic (exact) mass is 183 g/mol. The smallest absolute Gasteiger partial charge is 0.121 e. The van der Waals surface area contributed by atoms with Crippen molar-refractivity contribution in [3.63, 3.8) is 0 Å². The van der Waals surface area contributed by atoms with E-state index in [1.807, 2.05) is 0 Å². The van der Waals surface area contributed by atoms with Gasteiger partial charge >= 0.3 is 0 Å². The van der Waals surface area contributed by atoms with E-state index in [-0.39, 0.29) is 25.5 Å². The van der Waals surface area contributed by atoms with Crippen molar-refractivity contribution in [3.8, 4) is 5.75 Å². The van der Waals surface area contributed by atoms with Crippen molar-refractivity contribution in [2.75, 3.05) is 0 Å². The number of phenols is 1. The van der Waals surface area contributed by atoms with Gasteiger partial charge in [0.1, 0.15) is 5.75 Å². The van der Waals surface area contributed by atoms with E-state index in [1.165, 1.54) is 6.07 Å². The van der Waals surface area contributed by atoms with Crippen LogP contribution >= 0.6 is 0 Å². The van der Waals surface area contributed by atoms with E-state index in [1.54, 1.807) is 6.07 Å². The van der Waals surface area contributed by atoms with Gasteiger partial charge in [-0.15, -0.1) is 0 Å². The summed E-state index contributed by atoms with van der Waals surface area (Å²) in [5.41, 5.74) is 7.09. The summed E-state index contributed by atoms with van der Waals surface area (Å²) in [6.07, 6.45) is 0. The van der Waals surface area contributed by atoms with Crippen molar-refractivity contribution in [1.29, 1.82) is 0 Å². The van der Waals surface area contributed by atoms with E-state index < -0.39 is 0 Å². The first-order valence-electron chi connectivity index (χ1n) is 3.99. The average Bonchev–Trinajstić information content (AvgIpc) is 2.17. The van der Waals surface area contributed by atoms with E-state index in [0.717, 1.165) is 0 Å². The Morgan fingerprint density at radius 1 is 1.08 bits per heavy atom. The fourth-order valence-corrected chi connectivity index (χ4v) is 1.31. The van der Waals surface area contributed by atoms with Gasteiger partial charge in [-0.3, -0.25) is 0 Å². The quantitative estimate of drug-likeness (QED) is 0.524. The maximum atomic E-state index is 9.35. The molecule has 0 aliphatic carbocycles. The van der Waals surface area contributed by atoms with Crippen LogP contribution in [0.15, 0.2) is 12.1 Å². The highest BCUT2D eigenvalue weighted by atomic mass is 16.3. The lowest BCUT2D eigenvalue weighted by molar-refractivity contribution is 0.268. The van der Waals surface area contributed by atoms with Crippen LogP contribution in [0.5, 0.6) is 5.75 Å². The molecule has 0 saturated carbocycles. The van der Waals surface area contributed by atoms with Gasteiger partial charge in [0.25, 0.3) is 0 Å². The van der Waals surface area contributed by atoms with Crippen molar-refractivity contribution >= 4 is 0 Å². The number of benzene rings is 1. The van der Waals surface area contributed by atoms with Crippen LogP contribution in [0.2, 0.25) is 0 Å². The molecule has 72 valence electrons. The third kappa shape index (κ3) is 1.80. The first kappa shape index (κ1) is 9.98. The predicted octanol–water partition coefficient (Wildman–Crippen LogP) is -0.164. The summed E-state index contributed by atoms with van der Waals surface area (Å²) in [6.45, 7) is -0.216. The highest BCUT2D eigenvalue weighted by Crippen LogP contribution is 2.24. The van der Waals surface area contributed by atoms with Crippen molar-refractivity contribution < 1.29 is 15.3 Å². The van der Waals surface area contributed by atoms with Gasteiger partial charge in [-0.1, -0.05) is 6.07 Å². The summed E-state index contributed by atoms with van der Waals surface area (Å²) < 4.78 is 0. The number of aromatic hydroxyl groups is 1. The van der Waals surface area contributed by atoms with Gasteiger partial charge in [0.05, 0.1) is 13.2 Å². The van der Waals surface area contributed by atoms with Crippen LogP contribution in [0, 0.1) is 0 Å². The molecule has 1 rings (SSSR count). The summed E-state index contributed by atoms with van der Waals surface area (Å²) >= 11 is 0. The lowest BCUT2D eigenvalue weighted by Crippen LogP contribution is -2.06. The topological polar surface area (TPSA) is 86.7 Å². The van der Waals surface area contributed by atoms with E-state index in [4.69, 9.17) is 15.9 Å². The van der Waals surface area contributed by atoms with Crippen molar-refractivity contribution in [2.24, 2.45) is 5.73 Å². The normalized spacial score (nSPS) is 10.4. The van der Waals surface area contributed by atoms with Crippen LogP contribution in [0.25, 0.3) is 0 Å². The second-order valence-corrected chi connectivity index (χ2v) is 2.72. The molecule has 4 heteroatoms. The first-order chi connectivity index (χ1) is 6.24. The molecule has 0 fully saturated rings. The molecule has 0 spiro atoms. The Balaban J connectivity index is 3.27. The number of nitrogens with two attached hydrogens (primary N) is 1. The minimum absolute atomic E-state index is 0.0140. The highest BCUT2D eigenvalue weighted by Gasteiger charge is 2.09. The van der Waals surface area contributed by atoms with Crippen LogP contribution in [0.1, 0.15) is 16.7 Å². The number of hydrogen-bond acceptors (Lipinski definition) is 4. The van der Waals surface area contributed by atoms with E-state index >= 15 is 0 Å². The third-order valence-corrected chi connectivity index (χ3v) is 2.04. The van der Waals surface area contributed by atoms with Crippen molar-refractivity contribution in [3.05, 3.63) is 28.8 Å². The van der Waals surface area contributed by atoms with Crippen LogP contribution < -0.4 is 5.73 Å². The molecule has 0 atom stereocenters. The second-order valence-electron chi connectivity index (χ2n) is 2.72.